The topological polar surface area (TPSA) is 99.8 Å². The van der Waals surface area contributed by atoms with Gasteiger partial charge in [0.15, 0.2) is 11.5 Å². The Balaban J connectivity index is 1.43. The average molecular weight is 481 g/mol. The number of anilines is 2. The van der Waals surface area contributed by atoms with Gasteiger partial charge in [0, 0.05) is 40.8 Å². The minimum absolute atomic E-state index is 0.381. The first kappa shape index (κ1) is 24.7. The predicted molar refractivity (Wildman–Crippen MR) is 136 cm³/mol. The van der Waals surface area contributed by atoms with Crippen molar-refractivity contribution in [3.63, 3.8) is 0 Å². The normalized spacial score (nSPS) is 11.3. The van der Waals surface area contributed by atoms with E-state index in [1.807, 2.05) is 18.2 Å². The molecule has 0 saturated carbocycles. The second-order valence-electron chi connectivity index (χ2n) is 8.07. The molecule has 0 aliphatic heterocycles. The number of H-pyrrole nitrogens is 1. The first-order valence-electron chi connectivity index (χ1n) is 11.6. The number of aromatic nitrogens is 3. The lowest BCUT2D eigenvalue weighted by atomic mass is 10.1. The Bertz CT molecular complexity index is 1270. The van der Waals surface area contributed by atoms with Gasteiger partial charge in [-0.15, -0.1) is 0 Å². The molecule has 0 aliphatic carbocycles. The summed E-state index contributed by atoms with van der Waals surface area (Å²) in [5, 5.41) is 5.45. The third kappa shape index (κ3) is 6.00. The Kier molecular flexibility index (Phi) is 8.36. The van der Waals surface area contributed by atoms with Crippen LogP contribution in [0.3, 0.4) is 0 Å². The molecule has 0 spiro atoms. The fourth-order valence-corrected chi connectivity index (χ4v) is 3.79. The molecule has 0 saturated heterocycles. The van der Waals surface area contributed by atoms with Gasteiger partial charge < -0.3 is 34.0 Å². The summed E-state index contributed by atoms with van der Waals surface area (Å²) in [6.07, 6.45) is 1.54. The van der Waals surface area contributed by atoms with Gasteiger partial charge in [-0.2, -0.15) is 0 Å². The molecule has 0 fully saturated rings. The van der Waals surface area contributed by atoms with Gasteiger partial charge in [0.2, 0.25) is 0 Å². The Morgan fingerprint density at radius 3 is 2.37 bits per heavy atom. The van der Waals surface area contributed by atoms with Crippen molar-refractivity contribution in [2.45, 2.75) is 13.8 Å². The molecule has 2 N–H and O–H groups in total. The highest BCUT2D eigenvalue weighted by molar-refractivity contribution is 5.94. The van der Waals surface area contributed by atoms with Crippen LogP contribution in [0.1, 0.15) is 11.3 Å². The number of fused-ring (bicyclic) bond motifs is 2. The first-order valence-corrected chi connectivity index (χ1v) is 11.6. The molecule has 9 nitrogen and oxygen atoms in total. The molecule has 0 atom stereocenters. The number of hydrogen-bond donors (Lipinski definition) is 2. The molecule has 2 heterocycles. The molecule has 9 heteroatoms. The van der Waals surface area contributed by atoms with Crippen LogP contribution in [0.2, 0.25) is 0 Å². The van der Waals surface area contributed by atoms with E-state index < -0.39 is 0 Å². The Labute approximate surface area is 204 Å². The van der Waals surface area contributed by atoms with Gasteiger partial charge in [0.1, 0.15) is 18.8 Å². The van der Waals surface area contributed by atoms with E-state index >= 15 is 0 Å². The number of hydrogen-bond acceptors (Lipinski definition) is 8. The Morgan fingerprint density at radius 2 is 1.60 bits per heavy atom. The molecule has 0 radical (unpaired) electrons. The van der Waals surface area contributed by atoms with E-state index in [4.69, 9.17) is 23.7 Å². The van der Waals surface area contributed by atoms with Crippen molar-refractivity contribution in [1.29, 1.82) is 0 Å². The van der Waals surface area contributed by atoms with Crippen LogP contribution in [0, 0.1) is 13.8 Å². The van der Waals surface area contributed by atoms with E-state index in [0.29, 0.717) is 57.0 Å². The molecular weight excluding hydrogens is 448 g/mol. The SMILES string of the molecule is COCCOCCOCCOc1cc2ncnc(Nc3ccc4[nH]c(C)c(C)c4c3)c2cc1OC. The smallest absolute Gasteiger partial charge is 0.163 e. The van der Waals surface area contributed by atoms with Crippen LogP contribution in [-0.4, -0.2) is 68.8 Å². The summed E-state index contributed by atoms with van der Waals surface area (Å²) < 4.78 is 27.4. The van der Waals surface area contributed by atoms with E-state index in [-0.39, 0.29) is 0 Å². The van der Waals surface area contributed by atoms with Crippen molar-refractivity contribution in [2.24, 2.45) is 0 Å². The summed E-state index contributed by atoms with van der Waals surface area (Å²) in [5.41, 5.74) is 5.22. The van der Waals surface area contributed by atoms with E-state index in [1.165, 1.54) is 23.0 Å². The highest BCUT2D eigenvalue weighted by Crippen LogP contribution is 2.35. The van der Waals surface area contributed by atoms with Crippen LogP contribution in [0.5, 0.6) is 11.5 Å². The number of methoxy groups -OCH3 is 2. The summed E-state index contributed by atoms with van der Waals surface area (Å²) >= 11 is 0. The Morgan fingerprint density at radius 1 is 0.829 bits per heavy atom. The molecule has 0 amide bonds. The molecule has 4 rings (SSSR count). The van der Waals surface area contributed by atoms with Crippen molar-refractivity contribution >= 4 is 33.3 Å². The number of aryl methyl sites for hydroxylation is 2. The lowest BCUT2D eigenvalue weighted by Crippen LogP contribution is -2.12. The van der Waals surface area contributed by atoms with Crippen molar-refractivity contribution in [2.75, 3.05) is 59.2 Å². The zero-order chi connectivity index (χ0) is 24.6. The average Bonchev–Trinajstić information content (AvgIpc) is 3.15. The number of rotatable bonds is 13. The van der Waals surface area contributed by atoms with Gasteiger partial charge in [0.25, 0.3) is 0 Å². The van der Waals surface area contributed by atoms with E-state index in [0.717, 1.165) is 22.1 Å². The van der Waals surface area contributed by atoms with Gasteiger partial charge in [-0.05, 0) is 43.7 Å². The highest BCUT2D eigenvalue weighted by Gasteiger charge is 2.13. The van der Waals surface area contributed by atoms with Crippen molar-refractivity contribution in [3.05, 3.63) is 47.9 Å². The quantitative estimate of drug-likeness (QED) is 0.269. The first-order chi connectivity index (χ1) is 17.1. The summed E-state index contributed by atoms with van der Waals surface area (Å²) in [4.78, 5) is 12.3. The molecule has 2 aromatic carbocycles. The fraction of sp³-hybridized carbons (Fsp3) is 0.385. The number of ether oxygens (including phenoxy) is 5. The predicted octanol–water partition coefficient (Wildman–Crippen LogP) is 4.54. The van der Waals surface area contributed by atoms with Crippen molar-refractivity contribution < 1.29 is 23.7 Å². The van der Waals surface area contributed by atoms with Crippen LogP contribution in [0.25, 0.3) is 21.8 Å². The minimum Gasteiger partial charge on any atom is -0.493 e. The van der Waals surface area contributed by atoms with Gasteiger partial charge >= 0.3 is 0 Å². The number of aromatic amines is 1. The second-order valence-corrected chi connectivity index (χ2v) is 8.07. The molecule has 4 aromatic rings. The van der Waals surface area contributed by atoms with Crippen LogP contribution < -0.4 is 14.8 Å². The molecular formula is C26H32N4O5. The zero-order valence-corrected chi connectivity index (χ0v) is 20.6. The van der Waals surface area contributed by atoms with Gasteiger partial charge in [-0.3, -0.25) is 0 Å². The molecule has 186 valence electrons. The van der Waals surface area contributed by atoms with Crippen LogP contribution >= 0.6 is 0 Å². The van der Waals surface area contributed by atoms with Crippen LogP contribution in [0.4, 0.5) is 11.5 Å². The van der Waals surface area contributed by atoms with Crippen molar-refractivity contribution in [1.82, 2.24) is 15.0 Å². The fourth-order valence-electron chi connectivity index (χ4n) is 3.79. The number of benzene rings is 2. The van der Waals surface area contributed by atoms with Gasteiger partial charge in [-0.25, -0.2) is 9.97 Å². The summed E-state index contributed by atoms with van der Waals surface area (Å²) in [6, 6.07) is 9.98. The third-order valence-electron chi connectivity index (χ3n) is 5.78. The zero-order valence-electron chi connectivity index (χ0n) is 20.6. The molecule has 0 unspecified atom stereocenters. The van der Waals surface area contributed by atoms with Crippen molar-refractivity contribution in [3.8, 4) is 11.5 Å². The standard InChI is InChI=1S/C26H32N4O5/c1-17-18(2)29-22-6-5-19(13-20(17)22)30-26-21-14-24(32-4)25(15-23(21)27-16-28-26)35-12-11-34-10-9-33-8-7-31-3/h5-6,13-16,29H,7-12H2,1-4H3,(H,27,28,30). The molecule has 0 bridgehead atoms. The number of nitrogens with zero attached hydrogens (tertiary/aromatic N) is 2. The lowest BCUT2D eigenvalue weighted by molar-refractivity contribution is 0.0178. The highest BCUT2D eigenvalue weighted by atomic mass is 16.6. The Hall–Kier alpha value is -3.40. The maximum atomic E-state index is 5.91. The maximum Gasteiger partial charge on any atom is 0.163 e. The third-order valence-corrected chi connectivity index (χ3v) is 5.78. The van der Waals surface area contributed by atoms with Crippen LogP contribution in [-0.2, 0) is 14.2 Å². The molecule has 0 aliphatic rings. The lowest BCUT2D eigenvalue weighted by Gasteiger charge is -2.14. The second kappa shape index (κ2) is 11.8. The van der Waals surface area contributed by atoms with Gasteiger partial charge in [-0.1, -0.05) is 0 Å². The van der Waals surface area contributed by atoms with E-state index in [1.54, 1.807) is 14.2 Å². The summed E-state index contributed by atoms with van der Waals surface area (Å²) in [5.74, 6) is 1.90. The molecule has 2 aromatic heterocycles. The van der Waals surface area contributed by atoms with E-state index in [2.05, 4.69) is 46.2 Å². The maximum absolute atomic E-state index is 5.91. The molecule has 35 heavy (non-hydrogen) atoms. The monoisotopic (exact) mass is 480 g/mol. The largest absolute Gasteiger partial charge is 0.493 e. The summed E-state index contributed by atoms with van der Waals surface area (Å²) in [6.45, 7) is 7.17. The van der Waals surface area contributed by atoms with E-state index in [9.17, 15) is 0 Å². The van der Waals surface area contributed by atoms with Gasteiger partial charge in [0.05, 0.1) is 45.7 Å². The van der Waals surface area contributed by atoms with Crippen LogP contribution in [0.15, 0.2) is 36.7 Å². The minimum atomic E-state index is 0.381. The summed E-state index contributed by atoms with van der Waals surface area (Å²) in [7, 11) is 3.26. The number of nitrogens with one attached hydrogen (secondary N) is 2.